The summed E-state index contributed by atoms with van der Waals surface area (Å²) in [5.41, 5.74) is 0.430. The summed E-state index contributed by atoms with van der Waals surface area (Å²) in [7, 11) is 1.65. The Morgan fingerprint density at radius 3 is 2.38 bits per heavy atom. The van der Waals surface area contributed by atoms with Crippen molar-refractivity contribution in [1.29, 1.82) is 0 Å². The van der Waals surface area contributed by atoms with Crippen LogP contribution in [0, 0.1) is 0 Å². The summed E-state index contributed by atoms with van der Waals surface area (Å²) >= 11 is 0. The highest BCUT2D eigenvalue weighted by Gasteiger charge is 2.32. The molecule has 1 rings (SSSR count). The van der Waals surface area contributed by atoms with Gasteiger partial charge < -0.3 is 10.1 Å². The minimum Gasteiger partial charge on any atom is -0.399 e. The smallest absolute Gasteiger partial charge is 0.399 e. The third-order valence-electron chi connectivity index (χ3n) is 1.46. The number of alkyl halides is 3. The Kier molecular flexibility index (Phi) is 2.77. The molecule has 1 aromatic carbocycles. The number of para-hydroxylation sites is 2. The summed E-state index contributed by atoms with van der Waals surface area (Å²) in [6, 6.07) is 5.98. The Balaban J connectivity index is 2.87. The Labute approximate surface area is 73.3 Å². The van der Waals surface area contributed by atoms with Crippen LogP contribution in [0.15, 0.2) is 24.3 Å². The lowest BCUT2D eigenvalue weighted by Gasteiger charge is -2.09. The molecule has 13 heavy (non-hydrogen) atoms. The fourth-order valence-corrected chi connectivity index (χ4v) is 0.937. The average Bonchev–Trinajstić information content (AvgIpc) is 2.02. The molecule has 0 radical (unpaired) electrons. The van der Waals surface area contributed by atoms with Crippen LogP contribution < -0.4 is 10.1 Å². The molecule has 0 amide bonds. The molecular formula is C8H9F3NO+. The lowest BCUT2D eigenvalue weighted by molar-refractivity contribution is -0.540. The van der Waals surface area contributed by atoms with Gasteiger partial charge in [-0.05, 0) is 6.07 Å². The zero-order valence-electron chi connectivity index (χ0n) is 6.93. The van der Waals surface area contributed by atoms with Crippen molar-refractivity contribution in [2.45, 2.75) is 6.36 Å². The first-order valence-corrected chi connectivity index (χ1v) is 3.67. The SMILES string of the molecule is C[NH2+]c1ccccc1OC(F)(F)F. The molecule has 0 aliphatic heterocycles. The van der Waals surface area contributed by atoms with Crippen LogP contribution in [0.5, 0.6) is 5.75 Å². The molecule has 0 fully saturated rings. The number of halogens is 3. The van der Waals surface area contributed by atoms with Gasteiger partial charge >= 0.3 is 6.36 Å². The van der Waals surface area contributed by atoms with Gasteiger partial charge in [-0.1, -0.05) is 12.1 Å². The highest BCUT2D eigenvalue weighted by Crippen LogP contribution is 2.26. The molecule has 1 aromatic rings. The topological polar surface area (TPSA) is 25.8 Å². The normalized spacial score (nSPS) is 11.4. The number of quaternary nitrogens is 1. The van der Waals surface area contributed by atoms with Gasteiger partial charge in [0.25, 0.3) is 0 Å². The largest absolute Gasteiger partial charge is 0.573 e. The van der Waals surface area contributed by atoms with Crippen LogP contribution in [0.1, 0.15) is 0 Å². The van der Waals surface area contributed by atoms with E-state index in [1.165, 1.54) is 12.1 Å². The minimum atomic E-state index is -4.63. The summed E-state index contributed by atoms with van der Waals surface area (Å²) in [5.74, 6) is -0.169. The van der Waals surface area contributed by atoms with Crippen molar-refractivity contribution < 1.29 is 23.2 Å². The lowest BCUT2D eigenvalue weighted by atomic mass is 10.3. The summed E-state index contributed by atoms with van der Waals surface area (Å²) < 4.78 is 39.3. The third-order valence-corrected chi connectivity index (χ3v) is 1.46. The van der Waals surface area contributed by atoms with E-state index >= 15 is 0 Å². The minimum absolute atomic E-state index is 0.169. The molecule has 0 unspecified atom stereocenters. The van der Waals surface area contributed by atoms with E-state index in [1.54, 1.807) is 24.5 Å². The first kappa shape index (κ1) is 9.85. The second-order valence-electron chi connectivity index (χ2n) is 2.37. The Morgan fingerprint density at radius 1 is 1.23 bits per heavy atom. The van der Waals surface area contributed by atoms with Gasteiger partial charge in [-0.15, -0.1) is 13.2 Å². The molecule has 0 bridgehead atoms. The van der Waals surface area contributed by atoms with Crippen molar-refractivity contribution in [2.24, 2.45) is 0 Å². The molecule has 0 saturated heterocycles. The maximum atomic E-state index is 11.8. The predicted molar refractivity (Wildman–Crippen MR) is 40.6 cm³/mol. The summed E-state index contributed by atoms with van der Waals surface area (Å²) in [6.45, 7) is 0. The van der Waals surface area contributed by atoms with E-state index in [9.17, 15) is 13.2 Å². The number of hydrogen-bond donors (Lipinski definition) is 1. The first-order valence-electron chi connectivity index (χ1n) is 3.67. The molecule has 0 atom stereocenters. The van der Waals surface area contributed by atoms with E-state index in [4.69, 9.17) is 0 Å². The van der Waals surface area contributed by atoms with E-state index in [2.05, 4.69) is 4.74 Å². The monoisotopic (exact) mass is 192 g/mol. The van der Waals surface area contributed by atoms with Crippen molar-refractivity contribution >= 4 is 5.69 Å². The van der Waals surface area contributed by atoms with Gasteiger partial charge in [0, 0.05) is 6.07 Å². The molecule has 0 aromatic heterocycles. The van der Waals surface area contributed by atoms with Gasteiger partial charge in [0.05, 0.1) is 7.05 Å². The Morgan fingerprint density at radius 2 is 1.85 bits per heavy atom. The zero-order chi connectivity index (χ0) is 9.90. The van der Waals surface area contributed by atoms with Crippen LogP contribution >= 0.6 is 0 Å². The highest BCUT2D eigenvalue weighted by molar-refractivity contribution is 5.44. The quantitative estimate of drug-likeness (QED) is 0.704. The highest BCUT2D eigenvalue weighted by atomic mass is 19.4. The van der Waals surface area contributed by atoms with E-state index in [1.807, 2.05) is 0 Å². The molecule has 72 valence electrons. The zero-order valence-corrected chi connectivity index (χ0v) is 6.93. The summed E-state index contributed by atoms with van der Waals surface area (Å²) in [5, 5.41) is 1.56. The molecule has 2 N–H and O–H groups in total. The van der Waals surface area contributed by atoms with Gasteiger partial charge in [0.1, 0.15) is 0 Å². The van der Waals surface area contributed by atoms with Crippen LogP contribution in [-0.2, 0) is 0 Å². The van der Waals surface area contributed by atoms with Crippen LogP contribution in [0.25, 0.3) is 0 Å². The molecule has 5 heteroatoms. The molecule has 0 heterocycles. The average molecular weight is 192 g/mol. The maximum absolute atomic E-state index is 11.8. The maximum Gasteiger partial charge on any atom is 0.573 e. The van der Waals surface area contributed by atoms with E-state index in [0.29, 0.717) is 5.69 Å². The standard InChI is InChI=1S/C8H8F3NO/c1-12-6-4-2-3-5-7(6)13-8(9,10)11/h2-5,12H,1H3/p+1. The Hall–Kier alpha value is -1.23. The van der Waals surface area contributed by atoms with Crippen LogP contribution in [0.3, 0.4) is 0 Å². The Bertz CT molecular complexity index is 285. The number of hydrogen-bond acceptors (Lipinski definition) is 1. The summed E-state index contributed by atoms with van der Waals surface area (Å²) in [6.07, 6.45) is -4.63. The molecule has 0 spiro atoms. The van der Waals surface area contributed by atoms with Gasteiger partial charge in [-0.3, -0.25) is 0 Å². The van der Waals surface area contributed by atoms with Crippen molar-refractivity contribution in [2.75, 3.05) is 7.05 Å². The number of nitrogens with two attached hydrogens (primary N) is 1. The summed E-state index contributed by atoms with van der Waals surface area (Å²) in [4.78, 5) is 0. The van der Waals surface area contributed by atoms with Crippen LogP contribution in [-0.4, -0.2) is 13.4 Å². The van der Waals surface area contributed by atoms with Gasteiger partial charge in [0.15, 0.2) is 11.4 Å². The lowest BCUT2D eigenvalue weighted by Crippen LogP contribution is -2.72. The van der Waals surface area contributed by atoms with Gasteiger partial charge in [-0.2, -0.15) is 0 Å². The van der Waals surface area contributed by atoms with Crippen molar-refractivity contribution in [1.82, 2.24) is 0 Å². The molecule has 0 aliphatic carbocycles. The van der Waals surface area contributed by atoms with Crippen molar-refractivity contribution in [3.05, 3.63) is 24.3 Å². The molecule has 0 aliphatic rings. The van der Waals surface area contributed by atoms with Gasteiger partial charge in [-0.25, -0.2) is 0 Å². The van der Waals surface area contributed by atoms with Crippen molar-refractivity contribution in [3.8, 4) is 5.75 Å². The van der Waals surface area contributed by atoms with E-state index in [0.717, 1.165) is 0 Å². The molecule has 2 nitrogen and oxygen atoms in total. The number of rotatable bonds is 2. The third kappa shape index (κ3) is 2.95. The molecular weight excluding hydrogens is 183 g/mol. The van der Waals surface area contributed by atoms with Crippen LogP contribution in [0.4, 0.5) is 18.9 Å². The van der Waals surface area contributed by atoms with E-state index in [-0.39, 0.29) is 5.75 Å². The fourth-order valence-electron chi connectivity index (χ4n) is 0.937. The number of benzene rings is 1. The first-order chi connectivity index (χ1) is 6.03. The number of ether oxygens (including phenoxy) is 1. The second-order valence-corrected chi connectivity index (χ2v) is 2.37. The van der Waals surface area contributed by atoms with Gasteiger partial charge in [0.2, 0.25) is 0 Å². The van der Waals surface area contributed by atoms with E-state index < -0.39 is 6.36 Å². The second kappa shape index (κ2) is 3.66. The van der Waals surface area contributed by atoms with Crippen molar-refractivity contribution in [3.63, 3.8) is 0 Å². The fraction of sp³-hybridized carbons (Fsp3) is 0.250. The molecule has 0 saturated carbocycles. The predicted octanol–water partition coefficient (Wildman–Crippen LogP) is 1.41. The van der Waals surface area contributed by atoms with Crippen LogP contribution in [0.2, 0.25) is 0 Å².